The van der Waals surface area contributed by atoms with Crippen LogP contribution >= 0.6 is 0 Å². The van der Waals surface area contributed by atoms with Crippen LogP contribution in [0.3, 0.4) is 0 Å². The van der Waals surface area contributed by atoms with E-state index >= 15 is 0 Å². The van der Waals surface area contributed by atoms with Gasteiger partial charge in [-0.05, 0) is 18.9 Å². The molecular weight excluding hydrogens is 204 g/mol. The molecule has 0 radical (unpaired) electrons. The molecule has 86 valence electrons. The predicted octanol–water partition coefficient (Wildman–Crippen LogP) is 2.31. The second-order valence-electron chi connectivity index (χ2n) is 4.13. The first-order valence-electron chi connectivity index (χ1n) is 5.72. The minimum Gasteiger partial charge on any atom is -0.464 e. The molecule has 1 heterocycles. The number of methoxy groups -OCH3 is 1. The van der Waals surface area contributed by atoms with E-state index in [0.29, 0.717) is 11.6 Å². The third kappa shape index (κ3) is 2.38. The minimum atomic E-state index is -0.389. The van der Waals surface area contributed by atoms with Gasteiger partial charge in [0.05, 0.1) is 7.11 Å². The highest BCUT2D eigenvalue weighted by atomic mass is 16.5. The van der Waals surface area contributed by atoms with Crippen molar-refractivity contribution in [1.82, 2.24) is 9.97 Å². The first-order chi connectivity index (χ1) is 7.81. The molecule has 1 aliphatic rings. The van der Waals surface area contributed by atoms with Gasteiger partial charge in [-0.1, -0.05) is 19.3 Å². The van der Waals surface area contributed by atoms with Crippen LogP contribution in [0.5, 0.6) is 0 Å². The van der Waals surface area contributed by atoms with E-state index in [4.69, 9.17) is 0 Å². The first-order valence-corrected chi connectivity index (χ1v) is 5.72. The monoisotopic (exact) mass is 220 g/mol. The highest BCUT2D eigenvalue weighted by Gasteiger charge is 2.19. The van der Waals surface area contributed by atoms with Crippen molar-refractivity contribution in [3.8, 4) is 0 Å². The molecule has 1 aliphatic carbocycles. The fraction of sp³-hybridized carbons (Fsp3) is 0.583. The molecule has 1 saturated carbocycles. The lowest BCUT2D eigenvalue weighted by atomic mass is 9.88. The fourth-order valence-corrected chi connectivity index (χ4v) is 2.15. The van der Waals surface area contributed by atoms with E-state index in [1.807, 2.05) is 0 Å². The van der Waals surface area contributed by atoms with Gasteiger partial charge in [0.25, 0.3) is 0 Å². The molecule has 0 bridgehead atoms. The number of esters is 1. The summed E-state index contributed by atoms with van der Waals surface area (Å²) in [6, 6.07) is 1.60. The SMILES string of the molecule is COC(=O)c1ccnc(C2CCCCC2)n1. The van der Waals surface area contributed by atoms with Crippen molar-refractivity contribution >= 4 is 5.97 Å². The van der Waals surface area contributed by atoms with Crippen LogP contribution in [0.25, 0.3) is 0 Å². The topological polar surface area (TPSA) is 52.1 Å². The summed E-state index contributed by atoms with van der Waals surface area (Å²) in [6.07, 6.45) is 7.67. The normalized spacial score (nSPS) is 17.1. The van der Waals surface area contributed by atoms with E-state index in [-0.39, 0.29) is 5.97 Å². The Kier molecular flexibility index (Phi) is 3.49. The lowest BCUT2D eigenvalue weighted by Crippen LogP contribution is -2.12. The van der Waals surface area contributed by atoms with Gasteiger partial charge in [-0.15, -0.1) is 0 Å². The van der Waals surface area contributed by atoms with Crippen molar-refractivity contribution in [1.29, 1.82) is 0 Å². The summed E-state index contributed by atoms with van der Waals surface area (Å²) in [6.45, 7) is 0. The smallest absolute Gasteiger partial charge is 0.356 e. The van der Waals surface area contributed by atoms with Crippen molar-refractivity contribution in [2.45, 2.75) is 38.0 Å². The molecule has 1 aromatic heterocycles. The van der Waals surface area contributed by atoms with E-state index in [1.54, 1.807) is 12.3 Å². The lowest BCUT2D eigenvalue weighted by molar-refractivity contribution is 0.0593. The van der Waals surface area contributed by atoms with E-state index in [1.165, 1.54) is 26.4 Å². The molecule has 1 fully saturated rings. The summed E-state index contributed by atoms with van der Waals surface area (Å²) in [7, 11) is 1.37. The average Bonchev–Trinajstić information content (AvgIpc) is 2.39. The summed E-state index contributed by atoms with van der Waals surface area (Å²) in [5.41, 5.74) is 0.359. The highest BCUT2D eigenvalue weighted by molar-refractivity contribution is 5.86. The van der Waals surface area contributed by atoms with Gasteiger partial charge in [-0.2, -0.15) is 0 Å². The van der Waals surface area contributed by atoms with E-state index in [0.717, 1.165) is 18.7 Å². The van der Waals surface area contributed by atoms with Gasteiger partial charge in [0, 0.05) is 12.1 Å². The van der Waals surface area contributed by atoms with Crippen LogP contribution in [-0.4, -0.2) is 23.0 Å². The van der Waals surface area contributed by atoms with Crippen LogP contribution in [0.1, 0.15) is 54.3 Å². The Morgan fingerprint density at radius 3 is 2.81 bits per heavy atom. The number of aromatic nitrogens is 2. The maximum atomic E-state index is 11.3. The minimum absolute atomic E-state index is 0.359. The predicted molar refractivity (Wildman–Crippen MR) is 59.2 cm³/mol. The quantitative estimate of drug-likeness (QED) is 0.718. The highest BCUT2D eigenvalue weighted by Crippen LogP contribution is 2.30. The number of rotatable bonds is 2. The fourth-order valence-electron chi connectivity index (χ4n) is 2.15. The van der Waals surface area contributed by atoms with Crippen LogP contribution in [0.15, 0.2) is 12.3 Å². The maximum absolute atomic E-state index is 11.3. The standard InChI is InChI=1S/C12H16N2O2/c1-16-12(15)10-7-8-13-11(14-10)9-5-3-2-4-6-9/h7-9H,2-6H2,1H3. The summed E-state index contributed by atoms with van der Waals surface area (Å²) >= 11 is 0. The van der Waals surface area contributed by atoms with Gasteiger partial charge in [0.15, 0.2) is 5.69 Å². The zero-order valence-electron chi connectivity index (χ0n) is 9.48. The Morgan fingerprint density at radius 1 is 1.38 bits per heavy atom. The summed E-state index contributed by atoms with van der Waals surface area (Å²) in [4.78, 5) is 19.9. The number of hydrogen-bond donors (Lipinski definition) is 0. The zero-order valence-corrected chi connectivity index (χ0v) is 9.48. The van der Waals surface area contributed by atoms with Crippen LogP contribution in [0.2, 0.25) is 0 Å². The molecule has 0 N–H and O–H groups in total. The third-order valence-electron chi connectivity index (χ3n) is 3.04. The van der Waals surface area contributed by atoms with Crippen molar-refractivity contribution in [2.24, 2.45) is 0 Å². The Morgan fingerprint density at radius 2 is 2.12 bits per heavy atom. The molecule has 4 nitrogen and oxygen atoms in total. The maximum Gasteiger partial charge on any atom is 0.356 e. The zero-order chi connectivity index (χ0) is 11.4. The van der Waals surface area contributed by atoms with Crippen molar-refractivity contribution < 1.29 is 9.53 Å². The molecule has 0 spiro atoms. The largest absolute Gasteiger partial charge is 0.464 e. The molecule has 1 aromatic rings. The van der Waals surface area contributed by atoms with Gasteiger partial charge in [-0.25, -0.2) is 14.8 Å². The molecular formula is C12H16N2O2. The van der Waals surface area contributed by atoms with Crippen LogP contribution in [0, 0.1) is 0 Å². The number of hydrogen-bond acceptors (Lipinski definition) is 4. The van der Waals surface area contributed by atoms with Crippen LogP contribution < -0.4 is 0 Å². The van der Waals surface area contributed by atoms with Gasteiger partial charge in [-0.3, -0.25) is 0 Å². The Labute approximate surface area is 95.1 Å². The molecule has 0 unspecified atom stereocenters. The Balaban J connectivity index is 2.17. The molecule has 0 saturated heterocycles. The second-order valence-corrected chi connectivity index (χ2v) is 4.13. The first kappa shape index (κ1) is 11.0. The summed E-state index contributed by atoms with van der Waals surface area (Å²) < 4.78 is 4.65. The summed E-state index contributed by atoms with van der Waals surface area (Å²) in [5, 5.41) is 0. The molecule has 0 atom stereocenters. The van der Waals surface area contributed by atoms with Crippen molar-refractivity contribution in [3.63, 3.8) is 0 Å². The Hall–Kier alpha value is -1.45. The van der Waals surface area contributed by atoms with Gasteiger partial charge in [0.2, 0.25) is 0 Å². The van der Waals surface area contributed by atoms with Crippen LogP contribution in [-0.2, 0) is 4.74 Å². The van der Waals surface area contributed by atoms with E-state index in [2.05, 4.69) is 14.7 Å². The van der Waals surface area contributed by atoms with Gasteiger partial charge >= 0.3 is 5.97 Å². The van der Waals surface area contributed by atoms with Gasteiger partial charge in [0.1, 0.15) is 5.82 Å². The molecule has 2 rings (SSSR count). The van der Waals surface area contributed by atoms with Crippen LogP contribution in [0.4, 0.5) is 0 Å². The Bertz CT molecular complexity index is 373. The van der Waals surface area contributed by atoms with E-state index < -0.39 is 0 Å². The number of ether oxygens (including phenoxy) is 1. The third-order valence-corrected chi connectivity index (χ3v) is 3.04. The average molecular weight is 220 g/mol. The second kappa shape index (κ2) is 5.05. The summed E-state index contributed by atoms with van der Waals surface area (Å²) in [5.74, 6) is 0.820. The number of carbonyl (C=O) groups excluding carboxylic acids is 1. The molecule has 4 heteroatoms. The van der Waals surface area contributed by atoms with E-state index in [9.17, 15) is 4.79 Å². The van der Waals surface area contributed by atoms with Crippen molar-refractivity contribution in [2.75, 3.05) is 7.11 Å². The molecule has 0 aliphatic heterocycles. The molecule has 0 aromatic carbocycles. The van der Waals surface area contributed by atoms with Crippen molar-refractivity contribution in [3.05, 3.63) is 23.8 Å². The molecule has 0 amide bonds. The molecule has 16 heavy (non-hydrogen) atoms. The number of nitrogens with zero attached hydrogens (tertiary/aromatic N) is 2. The number of carbonyl (C=O) groups is 1. The van der Waals surface area contributed by atoms with Gasteiger partial charge < -0.3 is 4.74 Å². The lowest BCUT2D eigenvalue weighted by Gasteiger charge is -2.20.